The van der Waals surface area contributed by atoms with Crippen molar-refractivity contribution < 1.29 is 9.21 Å². The summed E-state index contributed by atoms with van der Waals surface area (Å²) < 4.78 is 5.12. The van der Waals surface area contributed by atoms with Crippen molar-refractivity contribution in [2.24, 2.45) is 5.92 Å². The number of nitrogens with zero attached hydrogens (tertiary/aromatic N) is 2. The Morgan fingerprint density at radius 3 is 3.06 bits per heavy atom. The Bertz CT molecular complexity index is 391. The molecule has 1 saturated heterocycles. The van der Waals surface area contributed by atoms with E-state index in [1.165, 1.54) is 0 Å². The lowest BCUT2D eigenvalue weighted by molar-refractivity contribution is -0.119. The predicted octanol–water partition coefficient (Wildman–Crippen LogP) is 1.09. The van der Waals surface area contributed by atoms with Crippen LogP contribution in [0.15, 0.2) is 4.42 Å². The zero-order valence-electron chi connectivity index (χ0n) is 10.2. The fraction of sp³-hybridized carbons (Fsp3) is 0.727. The highest BCUT2D eigenvalue weighted by molar-refractivity contribution is 5.93. The van der Waals surface area contributed by atoms with E-state index in [0.29, 0.717) is 11.8 Å². The van der Waals surface area contributed by atoms with Gasteiger partial charge in [0, 0.05) is 6.92 Å². The maximum Gasteiger partial charge on any atom is 0.322 e. The van der Waals surface area contributed by atoms with E-state index >= 15 is 0 Å². The molecule has 2 unspecified atom stereocenters. The topological polar surface area (TPSA) is 80.0 Å². The van der Waals surface area contributed by atoms with E-state index in [2.05, 4.69) is 27.8 Å². The van der Waals surface area contributed by atoms with Crippen molar-refractivity contribution in [2.45, 2.75) is 39.2 Å². The highest BCUT2D eigenvalue weighted by Crippen LogP contribution is 2.20. The van der Waals surface area contributed by atoms with Gasteiger partial charge in [-0.1, -0.05) is 18.4 Å². The molecule has 2 atom stereocenters. The van der Waals surface area contributed by atoms with Gasteiger partial charge in [-0.05, 0) is 25.3 Å². The minimum absolute atomic E-state index is 0.0909. The summed E-state index contributed by atoms with van der Waals surface area (Å²) in [5.74, 6) is 0.978. The van der Waals surface area contributed by atoms with E-state index in [1.807, 2.05) is 0 Å². The normalized spacial score (nSPS) is 24.6. The fourth-order valence-corrected chi connectivity index (χ4v) is 2.11. The van der Waals surface area contributed by atoms with Crippen LogP contribution in [-0.4, -0.2) is 28.7 Å². The molecule has 1 aliphatic rings. The highest BCUT2D eigenvalue weighted by Gasteiger charge is 2.26. The second-order valence-corrected chi connectivity index (χ2v) is 4.42. The van der Waals surface area contributed by atoms with Gasteiger partial charge in [-0.15, -0.1) is 5.10 Å². The average Bonchev–Trinajstić information content (AvgIpc) is 2.75. The van der Waals surface area contributed by atoms with E-state index in [1.54, 1.807) is 6.92 Å². The van der Waals surface area contributed by atoms with E-state index in [-0.39, 0.29) is 18.0 Å². The Labute approximate surface area is 100 Å². The molecule has 1 aromatic rings. The zero-order valence-corrected chi connectivity index (χ0v) is 10.2. The van der Waals surface area contributed by atoms with Gasteiger partial charge in [0.05, 0.1) is 6.04 Å². The molecule has 0 spiro atoms. The van der Waals surface area contributed by atoms with Gasteiger partial charge in [0.2, 0.25) is 11.8 Å². The maximum absolute atomic E-state index is 11.9. The number of hydrogen-bond donors (Lipinski definition) is 2. The van der Waals surface area contributed by atoms with E-state index in [9.17, 15) is 4.79 Å². The molecule has 2 rings (SSSR count). The van der Waals surface area contributed by atoms with Gasteiger partial charge in [-0.3, -0.25) is 10.1 Å². The first-order valence-corrected chi connectivity index (χ1v) is 6.03. The second-order valence-electron chi connectivity index (χ2n) is 4.42. The molecular weight excluding hydrogens is 220 g/mol. The van der Waals surface area contributed by atoms with Gasteiger partial charge < -0.3 is 9.73 Å². The molecule has 6 heteroatoms. The number of aryl methyl sites for hydroxylation is 1. The molecule has 1 fully saturated rings. The third kappa shape index (κ3) is 3.03. The lowest BCUT2D eigenvalue weighted by atomic mass is 9.90. The van der Waals surface area contributed by atoms with Crippen molar-refractivity contribution >= 4 is 11.9 Å². The molecule has 0 aliphatic carbocycles. The zero-order chi connectivity index (χ0) is 12.3. The van der Waals surface area contributed by atoms with Crippen LogP contribution in [0.25, 0.3) is 0 Å². The van der Waals surface area contributed by atoms with Gasteiger partial charge in [0.15, 0.2) is 0 Å². The summed E-state index contributed by atoms with van der Waals surface area (Å²) in [5, 5.41) is 13.3. The quantitative estimate of drug-likeness (QED) is 0.824. The van der Waals surface area contributed by atoms with Crippen LogP contribution in [0.3, 0.4) is 0 Å². The number of carbonyl (C=O) groups is 1. The first kappa shape index (κ1) is 12.0. The van der Waals surface area contributed by atoms with Gasteiger partial charge >= 0.3 is 6.01 Å². The standard InChI is InChI=1S/C11H18N4O2/c1-3-8-4-5-12-9(6-8)10(16)13-11-15-14-7(2)17-11/h8-9,12H,3-6H2,1-2H3,(H,13,15,16). The first-order valence-electron chi connectivity index (χ1n) is 6.03. The smallest absolute Gasteiger partial charge is 0.322 e. The summed E-state index contributed by atoms with van der Waals surface area (Å²) in [4.78, 5) is 11.9. The van der Waals surface area contributed by atoms with Crippen LogP contribution >= 0.6 is 0 Å². The summed E-state index contributed by atoms with van der Waals surface area (Å²) in [6, 6.07) is 0.0221. The van der Waals surface area contributed by atoms with Crippen LogP contribution < -0.4 is 10.6 Å². The Morgan fingerprint density at radius 1 is 1.59 bits per heavy atom. The van der Waals surface area contributed by atoms with Crippen LogP contribution in [0, 0.1) is 12.8 Å². The van der Waals surface area contributed by atoms with Gasteiger partial charge in [0.25, 0.3) is 0 Å². The number of anilines is 1. The van der Waals surface area contributed by atoms with Crippen LogP contribution in [0.1, 0.15) is 32.1 Å². The predicted molar refractivity (Wildman–Crippen MR) is 62.5 cm³/mol. The lowest BCUT2D eigenvalue weighted by Crippen LogP contribution is -2.46. The van der Waals surface area contributed by atoms with Crippen molar-refractivity contribution in [3.63, 3.8) is 0 Å². The third-order valence-corrected chi connectivity index (χ3v) is 3.16. The summed E-state index contributed by atoms with van der Waals surface area (Å²) in [6.45, 7) is 4.74. The number of carbonyl (C=O) groups excluding carboxylic acids is 1. The largest absolute Gasteiger partial charge is 0.408 e. The van der Waals surface area contributed by atoms with E-state index in [4.69, 9.17) is 4.42 Å². The van der Waals surface area contributed by atoms with Crippen LogP contribution in [0.5, 0.6) is 0 Å². The summed E-state index contributed by atoms with van der Waals surface area (Å²) in [7, 11) is 0. The molecule has 17 heavy (non-hydrogen) atoms. The highest BCUT2D eigenvalue weighted by atomic mass is 16.4. The molecule has 0 saturated carbocycles. The molecule has 2 N–H and O–H groups in total. The molecule has 0 bridgehead atoms. The van der Waals surface area contributed by atoms with Crippen molar-refractivity contribution in [2.75, 3.05) is 11.9 Å². The Hall–Kier alpha value is -1.43. The Morgan fingerprint density at radius 2 is 2.41 bits per heavy atom. The number of piperidine rings is 1. The number of nitrogens with one attached hydrogen (secondary N) is 2. The molecule has 1 aliphatic heterocycles. The minimum atomic E-state index is -0.152. The van der Waals surface area contributed by atoms with Crippen LogP contribution in [0.4, 0.5) is 6.01 Å². The molecule has 2 heterocycles. The van der Waals surface area contributed by atoms with Crippen molar-refractivity contribution in [3.8, 4) is 0 Å². The average molecular weight is 238 g/mol. The van der Waals surface area contributed by atoms with E-state index in [0.717, 1.165) is 25.8 Å². The maximum atomic E-state index is 11.9. The second kappa shape index (κ2) is 5.27. The molecule has 0 radical (unpaired) electrons. The SMILES string of the molecule is CCC1CCNC(C(=O)Nc2nnc(C)o2)C1. The molecule has 1 amide bonds. The Kier molecular flexibility index (Phi) is 3.73. The number of amides is 1. The van der Waals surface area contributed by atoms with Crippen molar-refractivity contribution in [1.29, 1.82) is 0 Å². The van der Waals surface area contributed by atoms with E-state index < -0.39 is 0 Å². The third-order valence-electron chi connectivity index (χ3n) is 3.16. The molecule has 94 valence electrons. The summed E-state index contributed by atoms with van der Waals surface area (Å²) in [6.07, 6.45) is 3.13. The lowest BCUT2D eigenvalue weighted by Gasteiger charge is -2.28. The Balaban J connectivity index is 1.91. The first-order chi connectivity index (χ1) is 8.19. The van der Waals surface area contributed by atoms with Gasteiger partial charge in [0.1, 0.15) is 0 Å². The van der Waals surface area contributed by atoms with Crippen LogP contribution in [0.2, 0.25) is 0 Å². The number of hydrogen-bond acceptors (Lipinski definition) is 5. The van der Waals surface area contributed by atoms with Crippen molar-refractivity contribution in [3.05, 3.63) is 5.89 Å². The molecular formula is C11H18N4O2. The molecule has 0 aromatic carbocycles. The number of rotatable bonds is 3. The van der Waals surface area contributed by atoms with Gasteiger partial charge in [-0.2, -0.15) is 0 Å². The van der Waals surface area contributed by atoms with Crippen LogP contribution in [-0.2, 0) is 4.79 Å². The molecule has 1 aromatic heterocycles. The number of aromatic nitrogens is 2. The van der Waals surface area contributed by atoms with Gasteiger partial charge in [-0.25, -0.2) is 0 Å². The summed E-state index contributed by atoms with van der Waals surface area (Å²) >= 11 is 0. The molecule has 6 nitrogen and oxygen atoms in total. The summed E-state index contributed by atoms with van der Waals surface area (Å²) in [5.41, 5.74) is 0. The van der Waals surface area contributed by atoms with Crippen molar-refractivity contribution in [1.82, 2.24) is 15.5 Å². The minimum Gasteiger partial charge on any atom is -0.408 e. The fourth-order valence-electron chi connectivity index (χ4n) is 2.11. The monoisotopic (exact) mass is 238 g/mol.